The number of imidazole rings is 1. The fourth-order valence-corrected chi connectivity index (χ4v) is 4.67. The van der Waals surface area contributed by atoms with Gasteiger partial charge in [0.25, 0.3) is 0 Å². The fourth-order valence-electron chi connectivity index (χ4n) is 3.90. The van der Waals surface area contributed by atoms with E-state index >= 15 is 0 Å². The molecule has 0 aliphatic heterocycles. The average molecular weight is 471 g/mol. The van der Waals surface area contributed by atoms with Crippen molar-refractivity contribution in [2.75, 3.05) is 5.32 Å². The van der Waals surface area contributed by atoms with E-state index in [9.17, 15) is 4.39 Å². The Hall–Kier alpha value is -4.18. The van der Waals surface area contributed by atoms with Gasteiger partial charge in [0.2, 0.25) is 0 Å². The summed E-state index contributed by atoms with van der Waals surface area (Å²) in [5, 5.41) is 10.6. The summed E-state index contributed by atoms with van der Waals surface area (Å²) < 4.78 is 13.6. The van der Waals surface area contributed by atoms with Crippen LogP contribution >= 0.6 is 11.3 Å². The van der Waals surface area contributed by atoms with Gasteiger partial charge in [-0.3, -0.25) is 10.1 Å². The number of anilines is 1. The van der Waals surface area contributed by atoms with Gasteiger partial charge in [0, 0.05) is 40.6 Å². The summed E-state index contributed by atoms with van der Waals surface area (Å²) >= 11 is 1.08. The summed E-state index contributed by atoms with van der Waals surface area (Å²) in [5.74, 6) is 0.538. The van der Waals surface area contributed by atoms with Crippen LogP contribution in [0.5, 0.6) is 0 Å². The van der Waals surface area contributed by atoms with Gasteiger partial charge in [-0.15, -0.1) is 11.3 Å². The lowest BCUT2D eigenvalue weighted by Gasteiger charge is -2.10. The highest BCUT2D eigenvalue weighted by atomic mass is 32.1. The summed E-state index contributed by atoms with van der Waals surface area (Å²) in [6.07, 6.45) is 5.25. The normalized spacial score (nSPS) is 11.6. The first-order chi connectivity index (χ1) is 16.5. The van der Waals surface area contributed by atoms with Crippen molar-refractivity contribution in [3.63, 3.8) is 0 Å². The monoisotopic (exact) mass is 470 g/mol. The van der Waals surface area contributed by atoms with Crippen LogP contribution in [0.2, 0.25) is 0 Å². The van der Waals surface area contributed by atoms with Crippen molar-refractivity contribution in [1.82, 2.24) is 35.1 Å². The van der Waals surface area contributed by atoms with Crippen molar-refractivity contribution >= 4 is 39.2 Å². The number of thiophene rings is 1. The van der Waals surface area contributed by atoms with Crippen LogP contribution in [-0.4, -0.2) is 41.2 Å². The Labute approximate surface area is 197 Å². The maximum absolute atomic E-state index is 13.6. The quantitative estimate of drug-likeness (QED) is 0.301. The molecule has 6 aromatic rings. The Balaban J connectivity index is 1.45. The highest BCUT2D eigenvalue weighted by Crippen LogP contribution is 2.34. The Kier molecular flexibility index (Phi) is 4.80. The largest absolute Gasteiger partial charge is 0.382 e. The molecule has 6 heterocycles. The molecule has 0 spiro atoms. The number of hydrogen-bond acceptors (Lipinski definition) is 7. The molecule has 3 N–H and O–H groups in total. The van der Waals surface area contributed by atoms with Gasteiger partial charge in [0.1, 0.15) is 5.52 Å². The molecule has 0 unspecified atom stereocenters. The molecule has 6 rings (SSSR count). The second kappa shape index (κ2) is 7.99. The topological polar surface area (TPSA) is 108 Å². The van der Waals surface area contributed by atoms with Crippen molar-refractivity contribution in [1.29, 1.82) is 0 Å². The number of nitrogens with one attached hydrogen (secondary N) is 3. The van der Waals surface area contributed by atoms with E-state index in [2.05, 4.69) is 49.3 Å². The van der Waals surface area contributed by atoms with E-state index in [1.165, 1.54) is 6.07 Å². The molecule has 34 heavy (non-hydrogen) atoms. The van der Waals surface area contributed by atoms with Gasteiger partial charge in [-0.1, -0.05) is 0 Å². The number of aromatic nitrogens is 7. The number of halogens is 1. The molecule has 10 heteroatoms. The van der Waals surface area contributed by atoms with E-state index in [4.69, 9.17) is 4.98 Å². The zero-order valence-electron chi connectivity index (χ0n) is 18.3. The third-order valence-corrected chi connectivity index (χ3v) is 6.26. The fraction of sp³-hybridized carbons (Fsp3) is 0.125. The summed E-state index contributed by atoms with van der Waals surface area (Å²) in [7, 11) is 0. The van der Waals surface area contributed by atoms with Crippen molar-refractivity contribution < 1.29 is 4.39 Å². The molecule has 0 aromatic carbocycles. The molecule has 0 radical (unpaired) electrons. The SMILES string of the molecule is CC(C)Nc1cncc(-c2ccc3[nH]nc(-c4nc5nccc(-c6ccc(F)s6)c5[nH]4)c3n2)c1. The molecular formula is C24H19FN8S. The highest BCUT2D eigenvalue weighted by Gasteiger charge is 2.18. The molecule has 8 nitrogen and oxygen atoms in total. The van der Waals surface area contributed by atoms with E-state index in [0.717, 1.165) is 49.8 Å². The predicted octanol–water partition coefficient (Wildman–Crippen LogP) is 5.65. The maximum Gasteiger partial charge on any atom is 0.178 e. The molecule has 0 saturated carbocycles. The molecule has 0 bridgehead atoms. The number of hydrogen-bond donors (Lipinski definition) is 3. The molecular weight excluding hydrogens is 451 g/mol. The Morgan fingerprint density at radius 3 is 2.79 bits per heavy atom. The van der Waals surface area contributed by atoms with E-state index in [-0.39, 0.29) is 5.13 Å². The van der Waals surface area contributed by atoms with E-state index in [1.54, 1.807) is 24.7 Å². The molecule has 0 amide bonds. The molecule has 0 saturated heterocycles. The van der Waals surface area contributed by atoms with E-state index in [0.29, 0.717) is 28.7 Å². The smallest absolute Gasteiger partial charge is 0.178 e. The van der Waals surface area contributed by atoms with Crippen molar-refractivity contribution in [3.8, 4) is 33.2 Å². The van der Waals surface area contributed by atoms with Crippen LogP contribution < -0.4 is 5.32 Å². The Morgan fingerprint density at radius 2 is 1.97 bits per heavy atom. The molecule has 0 aliphatic carbocycles. The third kappa shape index (κ3) is 3.57. The van der Waals surface area contributed by atoms with Crippen LogP contribution in [0.3, 0.4) is 0 Å². The van der Waals surface area contributed by atoms with Crippen LogP contribution in [0.15, 0.2) is 55.0 Å². The van der Waals surface area contributed by atoms with Crippen LogP contribution in [0.25, 0.3) is 55.4 Å². The van der Waals surface area contributed by atoms with Gasteiger partial charge >= 0.3 is 0 Å². The van der Waals surface area contributed by atoms with Crippen LogP contribution in [0, 0.1) is 5.13 Å². The highest BCUT2D eigenvalue weighted by molar-refractivity contribution is 7.14. The van der Waals surface area contributed by atoms with Crippen molar-refractivity contribution in [2.24, 2.45) is 0 Å². The van der Waals surface area contributed by atoms with Crippen LogP contribution in [-0.2, 0) is 0 Å². The Morgan fingerprint density at radius 1 is 1.06 bits per heavy atom. The van der Waals surface area contributed by atoms with Gasteiger partial charge < -0.3 is 10.3 Å². The number of pyridine rings is 3. The third-order valence-electron chi connectivity index (χ3n) is 5.35. The van der Waals surface area contributed by atoms with Crippen LogP contribution in [0.1, 0.15) is 13.8 Å². The van der Waals surface area contributed by atoms with Gasteiger partial charge in [0.05, 0.1) is 22.4 Å². The van der Waals surface area contributed by atoms with Crippen LogP contribution in [0.4, 0.5) is 10.1 Å². The van der Waals surface area contributed by atoms with Gasteiger partial charge in [-0.25, -0.2) is 15.0 Å². The number of fused-ring (bicyclic) bond motifs is 2. The summed E-state index contributed by atoms with van der Waals surface area (Å²) in [6, 6.07) is 11.3. The number of aromatic amines is 2. The first-order valence-electron chi connectivity index (χ1n) is 10.7. The van der Waals surface area contributed by atoms with E-state index in [1.807, 2.05) is 24.3 Å². The maximum atomic E-state index is 13.6. The minimum atomic E-state index is -0.239. The number of nitrogens with zero attached hydrogens (tertiary/aromatic N) is 5. The summed E-state index contributed by atoms with van der Waals surface area (Å²) in [4.78, 5) is 22.4. The standard InChI is InChI=1S/C24H19FN8S/c1-12(2)28-14-9-13(10-26-11-14)16-3-4-17-21(29-16)22(33-32-17)24-30-20-15(7-8-27-23(20)31-24)18-5-6-19(25)34-18/h3-12,28H,1-2H3,(H,32,33)(H,27,30,31). The molecule has 168 valence electrons. The van der Waals surface area contributed by atoms with Gasteiger partial charge in [-0.05, 0) is 50.2 Å². The van der Waals surface area contributed by atoms with Crippen molar-refractivity contribution in [3.05, 3.63) is 60.1 Å². The summed E-state index contributed by atoms with van der Waals surface area (Å²) in [6.45, 7) is 4.16. The molecule has 6 aromatic heterocycles. The van der Waals surface area contributed by atoms with E-state index < -0.39 is 0 Å². The first-order valence-corrected chi connectivity index (χ1v) is 11.5. The minimum absolute atomic E-state index is 0.239. The zero-order chi connectivity index (χ0) is 23.2. The minimum Gasteiger partial charge on any atom is -0.382 e. The van der Waals surface area contributed by atoms with Crippen molar-refractivity contribution in [2.45, 2.75) is 19.9 Å². The average Bonchev–Trinajstić information content (AvgIpc) is 3.55. The lowest BCUT2D eigenvalue weighted by molar-refractivity contribution is 0.657. The van der Waals surface area contributed by atoms with Gasteiger partial charge in [-0.2, -0.15) is 9.49 Å². The zero-order valence-corrected chi connectivity index (χ0v) is 19.1. The second-order valence-electron chi connectivity index (χ2n) is 8.17. The lowest BCUT2D eigenvalue weighted by Crippen LogP contribution is -2.09. The lowest BCUT2D eigenvalue weighted by atomic mass is 10.1. The summed E-state index contributed by atoms with van der Waals surface area (Å²) in [5.41, 5.74) is 6.76. The number of H-pyrrole nitrogens is 2. The molecule has 0 atom stereocenters. The number of rotatable bonds is 5. The molecule has 0 fully saturated rings. The first kappa shape index (κ1) is 20.4. The second-order valence-corrected chi connectivity index (χ2v) is 9.21. The Bertz CT molecular complexity index is 1650. The predicted molar refractivity (Wildman–Crippen MR) is 132 cm³/mol. The molecule has 0 aliphatic rings. The van der Waals surface area contributed by atoms with Gasteiger partial charge in [0.15, 0.2) is 22.3 Å².